The fourth-order valence-corrected chi connectivity index (χ4v) is 2.55. The summed E-state index contributed by atoms with van der Waals surface area (Å²) in [6.45, 7) is 3.61. The number of aromatic hydroxyl groups is 1. The van der Waals surface area contributed by atoms with Crippen LogP contribution in [-0.4, -0.2) is 28.2 Å². The highest BCUT2D eigenvalue weighted by atomic mass is 16.3. The van der Waals surface area contributed by atoms with Gasteiger partial charge < -0.3 is 15.7 Å². The number of hydrogen-bond acceptors (Lipinski definition) is 5. The monoisotopic (exact) mass is 282 g/mol. The molecule has 21 heavy (non-hydrogen) atoms. The molecule has 2 heterocycles. The third-order valence-electron chi connectivity index (χ3n) is 3.63. The maximum Gasteiger partial charge on any atom is 0.222 e. The third-order valence-corrected chi connectivity index (χ3v) is 3.63. The average Bonchev–Trinajstić information content (AvgIpc) is 2.47. The SMILES string of the molecule is Cc1cc(N2CC=C(c3ccc(O)cc3)CC2)nc(N)n1. The normalized spacial score (nSPS) is 14.9. The molecule has 0 spiro atoms. The van der Waals surface area contributed by atoms with E-state index in [2.05, 4.69) is 20.9 Å². The summed E-state index contributed by atoms with van der Waals surface area (Å²) in [6.07, 6.45) is 3.14. The number of phenolic OH excluding ortho intramolecular Hbond substituents is 1. The Hall–Kier alpha value is -2.56. The van der Waals surface area contributed by atoms with Gasteiger partial charge in [-0.1, -0.05) is 18.2 Å². The Labute approximate surface area is 123 Å². The number of aromatic nitrogens is 2. The van der Waals surface area contributed by atoms with Crippen LogP contribution in [0.1, 0.15) is 17.7 Å². The zero-order valence-electron chi connectivity index (χ0n) is 12.0. The van der Waals surface area contributed by atoms with Gasteiger partial charge in [-0.05, 0) is 36.6 Å². The number of benzene rings is 1. The van der Waals surface area contributed by atoms with Crippen molar-refractivity contribution >= 4 is 17.3 Å². The molecule has 108 valence electrons. The number of nitrogens with two attached hydrogens (primary N) is 1. The first kappa shape index (κ1) is 13.4. The fourth-order valence-electron chi connectivity index (χ4n) is 2.55. The smallest absolute Gasteiger partial charge is 0.222 e. The van der Waals surface area contributed by atoms with E-state index in [4.69, 9.17) is 5.73 Å². The van der Waals surface area contributed by atoms with E-state index in [9.17, 15) is 5.11 Å². The van der Waals surface area contributed by atoms with E-state index in [1.54, 1.807) is 12.1 Å². The highest BCUT2D eigenvalue weighted by Crippen LogP contribution is 2.26. The molecule has 0 aliphatic carbocycles. The molecule has 5 nitrogen and oxygen atoms in total. The number of hydrogen-bond donors (Lipinski definition) is 2. The molecule has 0 radical (unpaired) electrons. The van der Waals surface area contributed by atoms with Crippen LogP contribution in [0.4, 0.5) is 11.8 Å². The summed E-state index contributed by atoms with van der Waals surface area (Å²) in [5.41, 5.74) is 9.05. The maximum absolute atomic E-state index is 9.34. The molecule has 1 aliphatic rings. The van der Waals surface area contributed by atoms with E-state index in [1.165, 1.54) is 5.57 Å². The van der Waals surface area contributed by atoms with Gasteiger partial charge in [-0.25, -0.2) is 4.98 Å². The molecule has 2 aromatic rings. The van der Waals surface area contributed by atoms with Crippen LogP contribution in [0.5, 0.6) is 5.75 Å². The largest absolute Gasteiger partial charge is 0.508 e. The summed E-state index contributed by atoms with van der Waals surface area (Å²) >= 11 is 0. The van der Waals surface area contributed by atoms with Gasteiger partial charge in [0.25, 0.3) is 0 Å². The lowest BCUT2D eigenvalue weighted by molar-refractivity contribution is 0.475. The number of nitrogen functional groups attached to an aromatic ring is 1. The molecule has 0 bridgehead atoms. The number of aryl methyl sites for hydroxylation is 1. The van der Waals surface area contributed by atoms with Gasteiger partial charge in [0.05, 0.1) is 0 Å². The lowest BCUT2D eigenvalue weighted by Gasteiger charge is -2.27. The van der Waals surface area contributed by atoms with Crippen LogP contribution >= 0.6 is 0 Å². The minimum atomic E-state index is 0.295. The predicted octanol–water partition coefficient (Wildman–Crippen LogP) is 2.37. The molecular formula is C16H18N4O. The molecule has 0 unspecified atom stereocenters. The highest BCUT2D eigenvalue weighted by molar-refractivity contribution is 5.68. The molecule has 5 heteroatoms. The second kappa shape index (κ2) is 5.44. The molecular weight excluding hydrogens is 264 g/mol. The van der Waals surface area contributed by atoms with Crippen LogP contribution < -0.4 is 10.6 Å². The summed E-state index contributed by atoms with van der Waals surface area (Å²) in [6, 6.07) is 9.29. The topological polar surface area (TPSA) is 75.3 Å². The summed E-state index contributed by atoms with van der Waals surface area (Å²) in [5.74, 6) is 1.49. The van der Waals surface area contributed by atoms with Crippen LogP contribution in [0.15, 0.2) is 36.4 Å². The zero-order valence-corrected chi connectivity index (χ0v) is 12.0. The maximum atomic E-state index is 9.34. The van der Waals surface area contributed by atoms with E-state index in [0.717, 1.165) is 36.6 Å². The van der Waals surface area contributed by atoms with Crippen molar-refractivity contribution < 1.29 is 5.11 Å². The van der Waals surface area contributed by atoms with Gasteiger partial charge in [0.1, 0.15) is 11.6 Å². The van der Waals surface area contributed by atoms with E-state index < -0.39 is 0 Å². The van der Waals surface area contributed by atoms with Gasteiger partial charge in [-0.2, -0.15) is 4.98 Å². The van der Waals surface area contributed by atoms with Crippen LogP contribution in [0, 0.1) is 6.92 Å². The van der Waals surface area contributed by atoms with Gasteiger partial charge in [0, 0.05) is 24.8 Å². The summed E-state index contributed by atoms with van der Waals surface area (Å²) in [5, 5.41) is 9.34. The minimum absolute atomic E-state index is 0.295. The Kier molecular flexibility index (Phi) is 3.48. The van der Waals surface area contributed by atoms with Crippen LogP contribution in [-0.2, 0) is 0 Å². The first-order valence-electron chi connectivity index (χ1n) is 6.96. The van der Waals surface area contributed by atoms with Crippen LogP contribution in [0.25, 0.3) is 5.57 Å². The molecule has 3 N–H and O–H groups in total. The van der Waals surface area contributed by atoms with Crippen LogP contribution in [0.3, 0.4) is 0 Å². The van der Waals surface area contributed by atoms with Crippen molar-refractivity contribution in [2.75, 3.05) is 23.7 Å². The number of anilines is 2. The second-order valence-corrected chi connectivity index (χ2v) is 5.20. The quantitative estimate of drug-likeness (QED) is 0.884. The molecule has 3 rings (SSSR count). The standard InChI is InChI=1S/C16H18N4O/c1-11-10-15(19-16(17)18-11)20-8-6-13(7-9-20)12-2-4-14(21)5-3-12/h2-6,10,21H,7-9H2,1H3,(H2,17,18,19). The van der Waals surface area contributed by atoms with Crippen molar-refractivity contribution in [1.29, 1.82) is 0 Å². The summed E-state index contributed by atoms with van der Waals surface area (Å²) in [4.78, 5) is 10.6. The molecule has 1 aromatic heterocycles. The molecule has 0 amide bonds. The molecule has 0 saturated heterocycles. The highest BCUT2D eigenvalue weighted by Gasteiger charge is 2.15. The Balaban J connectivity index is 1.78. The van der Waals surface area contributed by atoms with Gasteiger partial charge in [0.15, 0.2) is 0 Å². The van der Waals surface area contributed by atoms with Crippen molar-refractivity contribution in [1.82, 2.24) is 9.97 Å². The van der Waals surface area contributed by atoms with E-state index in [1.807, 2.05) is 25.1 Å². The van der Waals surface area contributed by atoms with Crippen molar-refractivity contribution in [3.05, 3.63) is 47.7 Å². The van der Waals surface area contributed by atoms with E-state index in [0.29, 0.717) is 11.7 Å². The van der Waals surface area contributed by atoms with Crippen LogP contribution in [0.2, 0.25) is 0 Å². The predicted molar refractivity (Wildman–Crippen MR) is 84.1 cm³/mol. The number of phenols is 1. The Morgan fingerprint density at radius 1 is 1.19 bits per heavy atom. The Morgan fingerprint density at radius 3 is 2.57 bits per heavy atom. The van der Waals surface area contributed by atoms with Crippen molar-refractivity contribution in [2.45, 2.75) is 13.3 Å². The zero-order chi connectivity index (χ0) is 14.8. The molecule has 0 saturated carbocycles. The van der Waals surface area contributed by atoms with Gasteiger partial charge >= 0.3 is 0 Å². The van der Waals surface area contributed by atoms with Gasteiger partial charge in [0.2, 0.25) is 5.95 Å². The molecule has 0 atom stereocenters. The van der Waals surface area contributed by atoms with Crippen molar-refractivity contribution in [3.63, 3.8) is 0 Å². The molecule has 0 fully saturated rings. The van der Waals surface area contributed by atoms with Crippen molar-refractivity contribution in [2.24, 2.45) is 0 Å². The second-order valence-electron chi connectivity index (χ2n) is 5.20. The molecule has 1 aromatic carbocycles. The lowest BCUT2D eigenvalue weighted by Crippen LogP contribution is -2.29. The average molecular weight is 282 g/mol. The number of rotatable bonds is 2. The first-order valence-corrected chi connectivity index (χ1v) is 6.96. The first-order chi connectivity index (χ1) is 10.1. The van der Waals surface area contributed by atoms with E-state index >= 15 is 0 Å². The van der Waals surface area contributed by atoms with E-state index in [-0.39, 0.29) is 0 Å². The van der Waals surface area contributed by atoms with Gasteiger partial charge in [-0.15, -0.1) is 0 Å². The summed E-state index contributed by atoms with van der Waals surface area (Å²) < 4.78 is 0. The Bertz CT molecular complexity index is 659. The van der Waals surface area contributed by atoms with Crippen molar-refractivity contribution in [3.8, 4) is 5.75 Å². The van der Waals surface area contributed by atoms with Gasteiger partial charge in [-0.3, -0.25) is 0 Å². The Morgan fingerprint density at radius 2 is 1.95 bits per heavy atom. The molecule has 1 aliphatic heterocycles. The lowest BCUT2D eigenvalue weighted by atomic mass is 9.99. The fraction of sp³-hybridized carbons (Fsp3) is 0.250. The third kappa shape index (κ3) is 2.97. The minimum Gasteiger partial charge on any atom is -0.508 e. The number of nitrogens with zero attached hydrogens (tertiary/aromatic N) is 3. The summed E-state index contributed by atoms with van der Waals surface area (Å²) in [7, 11) is 0.